The van der Waals surface area contributed by atoms with Crippen LogP contribution in [-0.2, 0) is 14.3 Å². The van der Waals surface area contributed by atoms with Crippen LogP contribution in [0.4, 0.5) is 0 Å². The van der Waals surface area contributed by atoms with Crippen LogP contribution >= 0.6 is 0 Å². The van der Waals surface area contributed by atoms with Crippen molar-refractivity contribution in [1.29, 1.82) is 0 Å². The number of Topliss-reactive ketones (excluding diaryl/α,β-unsaturated/α-hetero) is 1. The highest BCUT2D eigenvalue weighted by molar-refractivity contribution is 6.08. The fourth-order valence-corrected chi connectivity index (χ4v) is 2.58. The Morgan fingerprint density at radius 2 is 2.10 bits per heavy atom. The second kappa shape index (κ2) is 5.51. The first-order chi connectivity index (χ1) is 9.93. The lowest BCUT2D eigenvalue weighted by molar-refractivity contribution is -0.485. The molecule has 0 saturated heterocycles. The summed E-state index contributed by atoms with van der Waals surface area (Å²) in [5, 5.41) is 10.9. The maximum Gasteiger partial charge on any atom is 0.359 e. The van der Waals surface area contributed by atoms with E-state index in [1.165, 1.54) is 6.92 Å². The Hall–Kier alpha value is -2.44. The van der Waals surface area contributed by atoms with Gasteiger partial charge in [0, 0.05) is 10.5 Å². The average Bonchev–Trinajstić information content (AvgIpc) is 2.74. The fraction of sp³-hybridized carbons (Fsp3) is 0.429. The number of ketones is 1. The van der Waals surface area contributed by atoms with Crippen molar-refractivity contribution in [1.82, 2.24) is 0 Å². The van der Waals surface area contributed by atoms with E-state index in [-0.39, 0.29) is 6.61 Å². The van der Waals surface area contributed by atoms with Crippen LogP contribution < -0.4 is 4.74 Å². The minimum Gasteiger partial charge on any atom is -0.466 e. The van der Waals surface area contributed by atoms with Crippen LogP contribution in [0.25, 0.3) is 0 Å². The molecule has 0 aliphatic carbocycles. The molecule has 0 saturated carbocycles. The van der Waals surface area contributed by atoms with Gasteiger partial charge in [0.15, 0.2) is 5.78 Å². The Bertz CT molecular complexity index is 599. The van der Waals surface area contributed by atoms with E-state index in [4.69, 9.17) is 9.47 Å². The molecule has 0 radical (unpaired) electrons. The van der Waals surface area contributed by atoms with Gasteiger partial charge in [-0.2, -0.15) is 0 Å². The number of hydrogen-bond acceptors (Lipinski definition) is 6. The second-order valence-corrected chi connectivity index (χ2v) is 4.72. The third kappa shape index (κ3) is 2.35. The van der Waals surface area contributed by atoms with Crippen molar-refractivity contribution in [2.75, 3.05) is 13.2 Å². The summed E-state index contributed by atoms with van der Waals surface area (Å²) in [6.07, 6.45) is 0. The zero-order valence-electron chi connectivity index (χ0n) is 11.7. The molecule has 1 heterocycles. The van der Waals surface area contributed by atoms with Crippen LogP contribution in [0.5, 0.6) is 5.75 Å². The van der Waals surface area contributed by atoms with Gasteiger partial charge in [-0.25, -0.2) is 4.79 Å². The summed E-state index contributed by atoms with van der Waals surface area (Å²) in [4.78, 5) is 34.8. The van der Waals surface area contributed by atoms with Crippen molar-refractivity contribution < 1.29 is 24.0 Å². The van der Waals surface area contributed by atoms with Gasteiger partial charge in [0.25, 0.3) is 5.60 Å². The van der Waals surface area contributed by atoms with Gasteiger partial charge in [-0.3, -0.25) is 14.9 Å². The van der Waals surface area contributed by atoms with Crippen molar-refractivity contribution in [2.45, 2.75) is 25.4 Å². The highest BCUT2D eigenvalue weighted by atomic mass is 16.6. The standard InChI is InChI=1S/C14H15NO6/c1-3-20-13(17)14(9(2)16)11(8-15(18)19)10-6-4-5-7-12(10)21-14/h4-7,11H,3,8H2,1-2H3/t11-,14+/m0/s1. The Balaban J connectivity index is 2.56. The van der Waals surface area contributed by atoms with Gasteiger partial charge in [-0.05, 0) is 19.9 Å². The molecule has 2 atom stereocenters. The SMILES string of the molecule is CCOC(=O)[C@]1(C(C)=O)Oc2ccccc2[C@@H]1C[N+](=O)[O-]. The largest absolute Gasteiger partial charge is 0.466 e. The van der Waals surface area contributed by atoms with Gasteiger partial charge < -0.3 is 9.47 Å². The Morgan fingerprint density at radius 1 is 1.43 bits per heavy atom. The van der Waals surface area contributed by atoms with E-state index >= 15 is 0 Å². The number of para-hydroxylation sites is 1. The summed E-state index contributed by atoms with van der Waals surface area (Å²) < 4.78 is 10.5. The summed E-state index contributed by atoms with van der Waals surface area (Å²) in [7, 11) is 0. The number of benzene rings is 1. The van der Waals surface area contributed by atoms with Crippen LogP contribution in [0.15, 0.2) is 24.3 Å². The van der Waals surface area contributed by atoms with Crippen LogP contribution in [0, 0.1) is 10.1 Å². The molecule has 2 rings (SSSR count). The predicted octanol–water partition coefficient (Wildman–Crippen LogP) is 1.33. The first-order valence-electron chi connectivity index (χ1n) is 6.51. The number of esters is 1. The number of rotatable bonds is 5. The summed E-state index contributed by atoms with van der Waals surface area (Å²) >= 11 is 0. The minimum absolute atomic E-state index is 0.0543. The van der Waals surface area contributed by atoms with Gasteiger partial charge in [-0.1, -0.05) is 18.2 Å². The highest BCUT2D eigenvalue weighted by Gasteiger charge is 2.61. The normalized spacial score (nSPS) is 23.0. The molecular formula is C14H15NO6. The lowest BCUT2D eigenvalue weighted by Crippen LogP contribution is -2.54. The Morgan fingerprint density at radius 3 is 2.67 bits per heavy atom. The van der Waals surface area contributed by atoms with Crippen molar-refractivity contribution in [3.8, 4) is 5.75 Å². The van der Waals surface area contributed by atoms with Gasteiger partial charge in [-0.15, -0.1) is 0 Å². The van der Waals surface area contributed by atoms with E-state index in [9.17, 15) is 19.7 Å². The molecule has 1 aliphatic rings. The summed E-state index contributed by atoms with van der Waals surface area (Å²) in [6, 6.07) is 6.54. The number of carbonyl (C=O) groups excluding carboxylic acids is 2. The molecule has 7 heteroatoms. The third-order valence-electron chi connectivity index (χ3n) is 3.49. The van der Waals surface area contributed by atoms with Crippen molar-refractivity contribution in [3.63, 3.8) is 0 Å². The average molecular weight is 293 g/mol. The van der Waals surface area contributed by atoms with Crippen molar-refractivity contribution in [3.05, 3.63) is 39.9 Å². The van der Waals surface area contributed by atoms with Gasteiger partial charge in [0.05, 0.1) is 6.61 Å². The van der Waals surface area contributed by atoms with Crippen LogP contribution in [0.2, 0.25) is 0 Å². The van der Waals surface area contributed by atoms with Gasteiger partial charge in [0.1, 0.15) is 11.7 Å². The maximum atomic E-state index is 12.3. The predicted molar refractivity (Wildman–Crippen MR) is 71.7 cm³/mol. The monoisotopic (exact) mass is 293 g/mol. The molecule has 0 amide bonds. The van der Waals surface area contributed by atoms with Gasteiger partial charge >= 0.3 is 5.97 Å². The Labute approximate surface area is 121 Å². The number of carbonyl (C=O) groups is 2. The van der Waals surface area contributed by atoms with E-state index in [1.807, 2.05) is 0 Å². The highest BCUT2D eigenvalue weighted by Crippen LogP contribution is 2.46. The molecule has 112 valence electrons. The molecule has 1 aromatic rings. The lowest BCUT2D eigenvalue weighted by atomic mass is 9.81. The third-order valence-corrected chi connectivity index (χ3v) is 3.49. The summed E-state index contributed by atoms with van der Waals surface area (Å²) in [5.41, 5.74) is -1.51. The van der Waals surface area contributed by atoms with E-state index in [2.05, 4.69) is 0 Å². The first-order valence-corrected chi connectivity index (χ1v) is 6.51. The minimum atomic E-state index is -1.98. The summed E-state index contributed by atoms with van der Waals surface area (Å²) in [6.45, 7) is 2.24. The fourth-order valence-electron chi connectivity index (χ4n) is 2.58. The van der Waals surface area contributed by atoms with E-state index in [1.54, 1.807) is 31.2 Å². The van der Waals surface area contributed by atoms with Crippen LogP contribution in [0.3, 0.4) is 0 Å². The zero-order valence-corrected chi connectivity index (χ0v) is 11.7. The van der Waals surface area contributed by atoms with E-state index in [0.717, 1.165) is 0 Å². The molecule has 0 bridgehead atoms. The molecule has 0 N–H and O–H groups in total. The van der Waals surface area contributed by atoms with Gasteiger partial charge in [0.2, 0.25) is 6.54 Å². The van der Waals surface area contributed by atoms with Crippen LogP contribution in [0.1, 0.15) is 25.3 Å². The molecule has 1 aliphatic heterocycles. The number of hydrogen-bond donors (Lipinski definition) is 0. The number of nitro groups is 1. The molecule has 7 nitrogen and oxygen atoms in total. The Kier molecular flexibility index (Phi) is 3.93. The van der Waals surface area contributed by atoms with Crippen molar-refractivity contribution in [2.24, 2.45) is 0 Å². The molecule has 21 heavy (non-hydrogen) atoms. The van der Waals surface area contributed by atoms with Crippen LogP contribution in [-0.4, -0.2) is 35.4 Å². The smallest absolute Gasteiger partial charge is 0.359 e. The lowest BCUT2D eigenvalue weighted by Gasteiger charge is -2.27. The first kappa shape index (κ1) is 15.0. The van der Waals surface area contributed by atoms with E-state index in [0.29, 0.717) is 11.3 Å². The van der Waals surface area contributed by atoms with E-state index < -0.39 is 34.7 Å². The molecule has 0 aromatic heterocycles. The summed E-state index contributed by atoms with van der Waals surface area (Å²) in [5.74, 6) is -2.20. The number of nitrogens with zero attached hydrogens (tertiary/aromatic N) is 1. The zero-order chi connectivity index (χ0) is 15.6. The van der Waals surface area contributed by atoms with Crippen molar-refractivity contribution >= 4 is 11.8 Å². The molecular weight excluding hydrogens is 278 g/mol. The molecule has 0 spiro atoms. The quantitative estimate of drug-likeness (QED) is 0.352. The molecule has 0 unspecified atom stereocenters. The number of fused-ring (bicyclic) bond motifs is 1. The topological polar surface area (TPSA) is 95.7 Å². The molecule has 0 fully saturated rings. The maximum absolute atomic E-state index is 12.3. The number of ether oxygens (including phenoxy) is 2. The second-order valence-electron chi connectivity index (χ2n) is 4.72. The molecule has 1 aromatic carbocycles.